The number of benzene rings is 2. The molecule has 5 rings (SSSR count). The molecule has 2 heterocycles. The van der Waals surface area contributed by atoms with Crippen LogP contribution in [0.2, 0.25) is 0 Å². The van der Waals surface area contributed by atoms with E-state index in [1.54, 1.807) is 25.3 Å². The number of hydrogen-bond acceptors (Lipinski definition) is 9. The molecule has 194 valence electrons. The molecular weight excluding hydrogens is 498 g/mol. The summed E-state index contributed by atoms with van der Waals surface area (Å²) in [4.78, 5) is 26.5. The van der Waals surface area contributed by atoms with Crippen LogP contribution in [0.4, 0.5) is 0 Å². The zero-order chi connectivity index (χ0) is 26.1. The third-order valence-corrected chi connectivity index (χ3v) is 7.83. The number of carbonyl (C=O) groups is 2. The Balaban J connectivity index is 1.71. The van der Waals surface area contributed by atoms with Crippen molar-refractivity contribution in [3.8, 4) is 28.7 Å². The molecule has 2 aromatic carbocycles. The van der Waals surface area contributed by atoms with E-state index in [0.29, 0.717) is 21.9 Å². The highest BCUT2D eigenvalue weighted by atomic mass is 32.1. The molecule has 0 spiro atoms. The van der Waals surface area contributed by atoms with Gasteiger partial charge in [0.15, 0.2) is 23.0 Å². The molecule has 2 aliphatic rings. The van der Waals surface area contributed by atoms with Crippen molar-refractivity contribution in [2.24, 2.45) is 11.8 Å². The first-order valence-electron chi connectivity index (χ1n) is 11.7. The number of thiophene rings is 1. The number of rotatable bonds is 8. The number of fused-ring (bicyclic) bond motifs is 2. The van der Waals surface area contributed by atoms with Gasteiger partial charge < -0.3 is 38.9 Å². The van der Waals surface area contributed by atoms with Crippen molar-refractivity contribution in [1.82, 2.24) is 5.32 Å². The number of aldehydes is 1. The van der Waals surface area contributed by atoms with E-state index >= 15 is 0 Å². The Morgan fingerprint density at radius 2 is 1.78 bits per heavy atom. The van der Waals surface area contributed by atoms with Crippen LogP contribution < -0.4 is 24.3 Å². The first-order chi connectivity index (χ1) is 18.0. The lowest BCUT2D eigenvalue weighted by Crippen LogP contribution is -2.44. The number of ether oxygens (including phenoxy) is 5. The molecule has 0 saturated heterocycles. The second-order valence-corrected chi connectivity index (χ2v) is 9.79. The molecule has 9 nitrogen and oxygen atoms in total. The first-order valence-corrected chi connectivity index (χ1v) is 12.6. The molecule has 0 saturated carbocycles. The minimum atomic E-state index is -0.597. The number of aromatic hydroxyl groups is 1. The van der Waals surface area contributed by atoms with Gasteiger partial charge in [-0.25, -0.2) is 0 Å². The summed E-state index contributed by atoms with van der Waals surface area (Å²) in [5, 5.41) is 15.5. The molecule has 2 N–H and O–H groups in total. The maximum atomic E-state index is 13.2. The molecule has 0 bridgehead atoms. The first kappa shape index (κ1) is 24.9. The molecule has 3 aromatic rings. The summed E-state index contributed by atoms with van der Waals surface area (Å²) in [5.74, 6) is -0.283. The maximum absolute atomic E-state index is 13.2. The summed E-state index contributed by atoms with van der Waals surface area (Å²) in [6.07, 6.45) is 0.901. The molecule has 1 amide bonds. The second-order valence-electron chi connectivity index (χ2n) is 8.85. The van der Waals surface area contributed by atoms with Crippen LogP contribution >= 0.6 is 11.3 Å². The fraction of sp³-hybridized carbons (Fsp3) is 0.333. The number of methoxy groups -OCH3 is 3. The van der Waals surface area contributed by atoms with Crippen molar-refractivity contribution in [3.05, 3.63) is 63.3 Å². The Hall–Kier alpha value is -3.76. The summed E-state index contributed by atoms with van der Waals surface area (Å²) < 4.78 is 27.7. The van der Waals surface area contributed by atoms with Gasteiger partial charge in [0.1, 0.15) is 6.29 Å². The Kier molecular flexibility index (Phi) is 6.94. The monoisotopic (exact) mass is 525 g/mol. The quantitative estimate of drug-likeness (QED) is 0.426. The normalized spacial score (nSPS) is 21.7. The van der Waals surface area contributed by atoms with Gasteiger partial charge in [-0.1, -0.05) is 6.07 Å². The van der Waals surface area contributed by atoms with Crippen molar-refractivity contribution in [1.29, 1.82) is 0 Å². The van der Waals surface area contributed by atoms with Crippen molar-refractivity contribution >= 4 is 23.5 Å². The SMILES string of the molecule is COCC1C(NC(=O)c2cccs2)c2cc3c(cc2[C@@H](c2cc(OC)c(O)c(OC)c2)[C@H]1C=O)OCO3. The highest BCUT2D eigenvalue weighted by Gasteiger charge is 2.45. The molecule has 1 aliphatic carbocycles. The number of amides is 1. The van der Waals surface area contributed by atoms with E-state index in [-0.39, 0.29) is 36.6 Å². The average molecular weight is 526 g/mol. The summed E-state index contributed by atoms with van der Waals surface area (Å²) in [7, 11) is 4.47. The summed E-state index contributed by atoms with van der Waals surface area (Å²) >= 11 is 1.34. The molecule has 2 unspecified atom stereocenters. The van der Waals surface area contributed by atoms with Crippen LogP contribution in [-0.4, -0.2) is 52.0 Å². The summed E-state index contributed by atoms with van der Waals surface area (Å²) in [6.45, 7) is 0.296. The summed E-state index contributed by atoms with van der Waals surface area (Å²) in [6, 6.07) is 10.1. The van der Waals surface area contributed by atoms with Gasteiger partial charge in [0.25, 0.3) is 5.91 Å². The Bertz CT molecular complexity index is 1280. The van der Waals surface area contributed by atoms with Crippen molar-refractivity contribution < 1.29 is 38.4 Å². The lowest BCUT2D eigenvalue weighted by atomic mass is 9.64. The molecule has 4 atom stereocenters. The van der Waals surface area contributed by atoms with Gasteiger partial charge in [0.2, 0.25) is 12.5 Å². The standard InChI is InChI=1S/C27H27NO8S/c1-32-12-18-17(11-29)24(14-7-21(33-2)26(30)22(8-14)34-3)15-9-19-20(36-13-35-19)10-16(15)25(18)28-27(31)23-5-4-6-37-23/h4-11,17-18,24-25,30H,12-13H2,1-3H3,(H,28,31)/t17-,18?,24+,25?/m0/s1. The number of hydrogen-bond donors (Lipinski definition) is 2. The van der Waals surface area contributed by atoms with Crippen molar-refractivity contribution in [2.75, 3.05) is 34.7 Å². The molecule has 10 heteroatoms. The van der Waals surface area contributed by atoms with Crippen LogP contribution in [0.15, 0.2) is 41.8 Å². The Morgan fingerprint density at radius 3 is 2.35 bits per heavy atom. The fourth-order valence-corrected chi connectivity index (χ4v) is 5.93. The smallest absolute Gasteiger partial charge is 0.261 e. The predicted molar refractivity (Wildman–Crippen MR) is 135 cm³/mol. The lowest BCUT2D eigenvalue weighted by molar-refractivity contribution is -0.114. The molecule has 1 aromatic heterocycles. The van der Waals surface area contributed by atoms with Crippen LogP contribution in [0, 0.1) is 11.8 Å². The van der Waals surface area contributed by atoms with Crippen LogP contribution in [0.3, 0.4) is 0 Å². The van der Waals surface area contributed by atoms with Gasteiger partial charge in [-0.05, 0) is 52.4 Å². The van der Waals surface area contributed by atoms with Crippen LogP contribution in [0.1, 0.15) is 38.3 Å². The largest absolute Gasteiger partial charge is 0.502 e. The minimum absolute atomic E-state index is 0.0780. The van der Waals surface area contributed by atoms with Crippen molar-refractivity contribution in [3.63, 3.8) is 0 Å². The highest BCUT2D eigenvalue weighted by molar-refractivity contribution is 7.12. The number of phenolic OH excluding ortho intramolecular Hbond substituents is 1. The molecule has 0 fully saturated rings. The van der Waals surface area contributed by atoms with Gasteiger partial charge >= 0.3 is 0 Å². The molecule has 37 heavy (non-hydrogen) atoms. The van der Waals surface area contributed by atoms with E-state index in [0.717, 1.165) is 17.4 Å². The highest BCUT2D eigenvalue weighted by Crippen LogP contribution is 2.53. The lowest BCUT2D eigenvalue weighted by Gasteiger charge is -2.42. The van der Waals surface area contributed by atoms with Gasteiger partial charge in [0, 0.05) is 24.9 Å². The van der Waals surface area contributed by atoms with Gasteiger partial charge in [-0.15, -0.1) is 11.3 Å². The number of phenols is 1. The van der Waals surface area contributed by atoms with E-state index in [4.69, 9.17) is 23.7 Å². The third kappa shape index (κ3) is 4.36. The number of carbonyl (C=O) groups excluding carboxylic acids is 2. The molecule has 1 aliphatic heterocycles. The van der Waals surface area contributed by atoms with Crippen LogP contribution in [0.25, 0.3) is 0 Å². The van der Waals surface area contributed by atoms with Crippen LogP contribution in [0.5, 0.6) is 28.7 Å². The average Bonchev–Trinajstić information content (AvgIpc) is 3.61. The molecular formula is C27H27NO8S. The third-order valence-electron chi connectivity index (χ3n) is 6.96. The van der Waals surface area contributed by atoms with Gasteiger partial charge in [0.05, 0.1) is 31.7 Å². The minimum Gasteiger partial charge on any atom is -0.502 e. The van der Waals surface area contributed by atoms with E-state index in [1.807, 2.05) is 23.6 Å². The van der Waals surface area contributed by atoms with Crippen molar-refractivity contribution in [2.45, 2.75) is 12.0 Å². The van der Waals surface area contributed by atoms with E-state index in [2.05, 4.69) is 5.32 Å². The Morgan fingerprint density at radius 1 is 1.11 bits per heavy atom. The zero-order valence-electron chi connectivity index (χ0n) is 20.6. The second kappa shape index (κ2) is 10.3. The van der Waals surface area contributed by atoms with Crippen LogP contribution in [-0.2, 0) is 9.53 Å². The van der Waals surface area contributed by atoms with Gasteiger partial charge in [-0.3, -0.25) is 4.79 Å². The van der Waals surface area contributed by atoms with E-state index in [9.17, 15) is 14.7 Å². The maximum Gasteiger partial charge on any atom is 0.261 e. The Labute approximate surface area is 217 Å². The van der Waals surface area contributed by atoms with Gasteiger partial charge in [-0.2, -0.15) is 0 Å². The fourth-order valence-electron chi connectivity index (χ4n) is 5.30. The zero-order valence-corrected chi connectivity index (χ0v) is 21.4. The van der Waals surface area contributed by atoms with E-state index < -0.39 is 23.8 Å². The summed E-state index contributed by atoms with van der Waals surface area (Å²) in [5.41, 5.74) is 2.29. The predicted octanol–water partition coefficient (Wildman–Crippen LogP) is 3.89. The van der Waals surface area contributed by atoms with E-state index in [1.165, 1.54) is 25.6 Å². The molecule has 0 radical (unpaired) electrons. The topological polar surface area (TPSA) is 113 Å². The number of nitrogens with one attached hydrogen (secondary N) is 1.